The summed E-state index contributed by atoms with van der Waals surface area (Å²) in [5.41, 5.74) is 5.78. The molecular weight excluding hydrogens is 469 g/mol. The highest BCUT2D eigenvalue weighted by molar-refractivity contribution is 7.09. The smallest absolute Gasteiger partial charge is 0.109 e. The Kier molecular flexibility index (Phi) is 6.50. The second kappa shape index (κ2) is 9.68. The fraction of sp³-hybridized carbons (Fsp3) is 0.185. The molecule has 166 valence electrons. The summed E-state index contributed by atoms with van der Waals surface area (Å²) in [6.45, 7) is 3.01. The molecule has 0 amide bonds. The van der Waals surface area contributed by atoms with Gasteiger partial charge in [-0.25, -0.2) is 9.97 Å². The van der Waals surface area contributed by atoms with Gasteiger partial charge in [-0.3, -0.25) is 0 Å². The van der Waals surface area contributed by atoms with Crippen molar-refractivity contribution in [2.75, 3.05) is 0 Å². The van der Waals surface area contributed by atoms with Crippen molar-refractivity contribution in [3.05, 3.63) is 116 Å². The highest BCUT2D eigenvalue weighted by Gasteiger charge is 2.21. The largest absolute Gasteiger partial charge is 0.328 e. The number of aryl methyl sites for hydroxylation is 3. The van der Waals surface area contributed by atoms with Crippen LogP contribution in [0.25, 0.3) is 11.0 Å². The molecule has 33 heavy (non-hydrogen) atoms. The summed E-state index contributed by atoms with van der Waals surface area (Å²) >= 11 is 14.0. The highest BCUT2D eigenvalue weighted by atomic mass is 35.5. The Labute approximate surface area is 207 Å². The Morgan fingerprint density at radius 2 is 1.76 bits per heavy atom. The molecule has 0 aliphatic heterocycles. The molecule has 1 unspecified atom stereocenters. The van der Waals surface area contributed by atoms with Gasteiger partial charge in [-0.05, 0) is 59.5 Å². The van der Waals surface area contributed by atoms with E-state index >= 15 is 0 Å². The standard InChI is InChI=1S/C27H23Cl2N3S/c1-2-25-31-23-11-8-20(17-24(23)32(25)14-12-18-4-3-5-22(29)16-18)26(27-30-13-15-33-27)19-6-9-21(28)10-7-19/h3-11,13,15-17,26H,2,12,14H2,1H3. The van der Waals surface area contributed by atoms with Gasteiger partial charge in [0.05, 0.1) is 17.0 Å². The maximum Gasteiger partial charge on any atom is 0.109 e. The Morgan fingerprint density at radius 3 is 2.48 bits per heavy atom. The van der Waals surface area contributed by atoms with Crippen LogP contribution in [0.15, 0.2) is 78.3 Å². The van der Waals surface area contributed by atoms with Crippen molar-refractivity contribution in [2.24, 2.45) is 0 Å². The fourth-order valence-corrected chi connectivity index (χ4v) is 5.46. The quantitative estimate of drug-likeness (QED) is 0.232. The van der Waals surface area contributed by atoms with Crippen molar-refractivity contribution in [1.82, 2.24) is 14.5 Å². The van der Waals surface area contributed by atoms with Crippen LogP contribution >= 0.6 is 34.5 Å². The number of nitrogens with zero attached hydrogens (tertiary/aromatic N) is 3. The number of fused-ring (bicyclic) bond motifs is 1. The molecule has 5 aromatic rings. The normalized spacial score (nSPS) is 12.3. The zero-order chi connectivity index (χ0) is 22.8. The average Bonchev–Trinajstić information content (AvgIpc) is 3.47. The fourth-order valence-electron chi connectivity index (χ4n) is 4.33. The van der Waals surface area contributed by atoms with Crippen LogP contribution in [0.5, 0.6) is 0 Å². The minimum Gasteiger partial charge on any atom is -0.328 e. The number of aromatic nitrogens is 3. The maximum atomic E-state index is 6.20. The molecule has 0 fully saturated rings. The van der Waals surface area contributed by atoms with Crippen molar-refractivity contribution < 1.29 is 0 Å². The second-order valence-electron chi connectivity index (χ2n) is 8.02. The summed E-state index contributed by atoms with van der Waals surface area (Å²) < 4.78 is 2.35. The summed E-state index contributed by atoms with van der Waals surface area (Å²) in [7, 11) is 0. The predicted octanol–water partition coefficient (Wildman–Crippen LogP) is 7.78. The van der Waals surface area contributed by atoms with Crippen molar-refractivity contribution in [2.45, 2.75) is 32.2 Å². The minimum absolute atomic E-state index is 0.0491. The van der Waals surface area contributed by atoms with Crippen LogP contribution in [0, 0.1) is 0 Å². The zero-order valence-corrected chi connectivity index (χ0v) is 20.5. The SMILES string of the molecule is CCc1nc2ccc(C(c3ccc(Cl)cc3)c3nccs3)cc2n1CCc1cccc(Cl)c1. The van der Waals surface area contributed by atoms with Crippen LogP contribution in [0.3, 0.4) is 0 Å². The van der Waals surface area contributed by atoms with Gasteiger partial charge in [0.25, 0.3) is 0 Å². The summed E-state index contributed by atoms with van der Waals surface area (Å²) in [4.78, 5) is 9.57. The first-order valence-corrected chi connectivity index (χ1v) is 12.6. The molecule has 0 N–H and O–H groups in total. The maximum absolute atomic E-state index is 6.20. The van der Waals surface area contributed by atoms with Crippen molar-refractivity contribution in [3.8, 4) is 0 Å². The molecule has 3 nitrogen and oxygen atoms in total. The molecule has 0 radical (unpaired) electrons. The van der Waals surface area contributed by atoms with Crippen molar-refractivity contribution in [1.29, 1.82) is 0 Å². The summed E-state index contributed by atoms with van der Waals surface area (Å²) in [5.74, 6) is 1.15. The number of hydrogen-bond donors (Lipinski definition) is 0. The van der Waals surface area contributed by atoms with E-state index < -0.39 is 0 Å². The Bertz CT molecular complexity index is 1370. The van der Waals surface area contributed by atoms with E-state index in [1.54, 1.807) is 11.3 Å². The lowest BCUT2D eigenvalue weighted by Gasteiger charge is -2.17. The van der Waals surface area contributed by atoms with E-state index in [1.807, 2.05) is 41.9 Å². The number of hydrogen-bond acceptors (Lipinski definition) is 3. The molecule has 0 saturated heterocycles. The number of imidazole rings is 1. The number of rotatable bonds is 7. The van der Waals surface area contributed by atoms with Gasteiger partial charge in [-0.15, -0.1) is 11.3 Å². The molecule has 0 saturated carbocycles. The molecule has 2 heterocycles. The van der Waals surface area contributed by atoms with Crippen LogP contribution in [0.4, 0.5) is 0 Å². The number of benzene rings is 3. The van der Waals surface area contributed by atoms with Crippen LogP contribution in [-0.2, 0) is 19.4 Å². The molecular formula is C27H23Cl2N3S. The van der Waals surface area contributed by atoms with E-state index in [4.69, 9.17) is 28.2 Å². The lowest BCUT2D eigenvalue weighted by Crippen LogP contribution is -2.07. The lowest BCUT2D eigenvalue weighted by atomic mass is 9.91. The molecule has 6 heteroatoms. The summed E-state index contributed by atoms with van der Waals surface area (Å²) in [6.07, 6.45) is 3.65. The van der Waals surface area contributed by atoms with E-state index in [0.717, 1.165) is 51.3 Å². The Balaban J connectivity index is 1.57. The minimum atomic E-state index is 0.0491. The zero-order valence-electron chi connectivity index (χ0n) is 18.2. The van der Waals surface area contributed by atoms with E-state index in [-0.39, 0.29) is 5.92 Å². The molecule has 0 spiro atoms. The van der Waals surface area contributed by atoms with Gasteiger partial charge in [0, 0.05) is 34.6 Å². The number of thiazole rings is 1. The van der Waals surface area contributed by atoms with Gasteiger partial charge < -0.3 is 4.57 Å². The first kappa shape index (κ1) is 22.1. The summed E-state index contributed by atoms with van der Waals surface area (Å²) in [6, 6.07) is 22.7. The molecule has 1 atom stereocenters. The van der Waals surface area contributed by atoms with Gasteiger partial charge in [-0.1, -0.05) is 60.5 Å². The first-order valence-electron chi connectivity index (χ1n) is 11.0. The van der Waals surface area contributed by atoms with Gasteiger partial charge in [0.15, 0.2) is 0 Å². The van der Waals surface area contributed by atoms with Gasteiger partial charge >= 0.3 is 0 Å². The first-order chi connectivity index (χ1) is 16.1. The van der Waals surface area contributed by atoms with Gasteiger partial charge in [-0.2, -0.15) is 0 Å². The van der Waals surface area contributed by atoms with Crippen LogP contribution < -0.4 is 0 Å². The molecule has 2 aromatic heterocycles. The molecule has 0 aliphatic rings. The van der Waals surface area contributed by atoms with Gasteiger partial charge in [0.2, 0.25) is 0 Å². The van der Waals surface area contributed by atoms with E-state index in [0.29, 0.717) is 0 Å². The van der Waals surface area contributed by atoms with Crippen LogP contribution in [0.2, 0.25) is 10.0 Å². The summed E-state index contributed by atoms with van der Waals surface area (Å²) in [5, 5.41) is 4.60. The third kappa shape index (κ3) is 4.70. The highest BCUT2D eigenvalue weighted by Crippen LogP contribution is 2.35. The van der Waals surface area contributed by atoms with E-state index in [2.05, 4.69) is 52.9 Å². The second-order valence-corrected chi connectivity index (χ2v) is 9.82. The lowest BCUT2D eigenvalue weighted by molar-refractivity contribution is 0.674. The third-order valence-corrected chi connectivity index (χ3v) is 7.24. The average molecular weight is 492 g/mol. The van der Waals surface area contributed by atoms with E-state index in [1.165, 1.54) is 16.7 Å². The third-order valence-electron chi connectivity index (χ3n) is 5.92. The van der Waals surface area contributed by atoms with Crippen molar-refractivity contribution >= 4 is 45.6 Å². The van der Waals surface area contributed by atoms with E-state index in [9.17, 15) is 0 Å². The molecule has 0 bridgehead atoms. The number of halogens is 2. The van der Waals surface area contributed by atoms with Crippen LogP contribution in [0.1, 0.15) is 40.4 Å². The Morgan fingerprint density at radius 1 is 0.939 bits per heavy atom. The van der Waals surface area contributed by atoms with Gasteiger partial charge in [0.1, 0.15) is 10.8 Å². The molecule has 0 aliphatic carbocycles. The predicted molar refractivity (Wildman–Crippen MR) is 139 cm³/mol. The topological polar surface area (TPSA) is 30.7 Å². The van der Waals surface area contributed by atoms with Crippen molar-refractivity contribution in [3.63, 3.8) is 0 Å². The Hall–Kier alpha value is -2.66. The molecule has 3 aromatic carbocycles. The monoisotopic (exact) mass is 491 g/mol. The van der Waals surface area contributed by atoms with Crippen LogP contribution in [-0.4, -0.2) is 14.5 Å². The molecule has 5 rings (SSSR count).